The topological polar surface area (TPSA) is 106 Å². The number of nitrogens with zero attached hydrogens (tertiary/aromatic N) is 2. The van der Waals surface area contributed by atoms with E-state index in [1.165, 1.54) is 12.1 Å². The molecular formula is C26H20N2O5. The quantitative estimate of drug-likeness (QED) is 0.298. The average Bonchev–Trinajstić information content (AvgIpc) is 3.26. The molecule has 0 spiro atoms. The van der Waals surface area contributed by atoms with E-state index in [2.05, 4.69) is 6.92 Å². The Hall–Kier alpha value is -4.26. The lowest BCUT2D eigenvalue weighted by atomic mass is 9.81. The molecule has 7 heteroatoms. The molecule has 0 fully saturated rings. The summed E-state index contributed by atoms with van der Waals surface area (Å²) in [6.07, 6.45) is 3.27. The Balaban J connectivity index is 1.61. The number of carboxylic acid groups (broad SMARTS) is 1. The molecule has 33 heavy (non-hydrogen) atoms. The third-order valence-corrected chi connectivity index (χ3v) is 5.92. The number of fused-ring (bicyclic) bond motifs is 2. The Morgan fingerprint density at radius 3 is 2.76 bits per heavy atom. The zero-order chi connectivity index (χ0) is 23.1. The number of aromatic carboxylic acids is 1. The molecule has 0 saturated carbocycles. The van der Waals surface area contributed by atoms with Gasteiger partial charge in [-0.15, -0.1) is 0 Å². The molecule has 2 aromatic carbocycles. The Labute approximate surface area is 189 Å². The van der Waals surface area contributed by atoms with Crippen LogP contribution in [0.4, 0.5) is 5.69 Å². The van der Waals surface area contributed by atoms with Crippen LogP contribution in [0, 0.1) is 16.0 Å². The van der Waals surface area contributed by atoms with Crippen LogP contribution in [0.15, 0.2) is 65.1 Å². The number of carboxylic acids is 1. The standard InChI is InChI=1S/C26H20N2O5/c1-15-11-17(14-19-9-10-23(33-19)16-5-4-6-18(13-16)28(31)32)25-21(12-15)24(26(29)30)20-7-2-3-8-22(20)27-25/h2-10,13-15H,11-12H2,1H3,(H,29,30)/b17-14+. The van der Waals surface area contributed by atoms with Crippen molar-refractivity contribution in [2.45, 2.75) is 19.8 Å². The number of rotatable bonds is 4. The molecule has 0 amide bonds. The van der Waals surface area contributed by atoms with Crippen LogP contribution in [0.3, 0.4) is 0 Å². The summed E-state index contributed by atoms with van der Waals surface area (Å²) in [5, 5.41) is 21.7. The third-order valence-electron chi connectivity index (χ3n) is 5.92. The molecule has 0 radical (unpaired) electrons. The minimum atomic E-state index is -0.954. The molecule has 0 aliphatic heterocycles. The van der Waals surface area contributed by atoms with Gasteiger partial charge in [-0.3, -0.25) is 10.1 Å². The van der Waals surface area contributed by atoms with Crippen molar-refractivity contribution in [1.82, 2.24) is 4.98 Å². The first-order valence-electron chi connectivity index (χ1n) is 10.6. The number of pyridine rings is 1. The molecular weight excluding hydrogens is 420 g/mol. The zero-order valence-electron chi connectivity index (χ0n) is 17.8. The minimum absolute atomic E-state index is 0.00360. The summed E-state index contributed by atoms with van der Waals surface area (Å²) in [7, 11) is 0. The van der Waals surface area contributed by atoms with Gasteiger partial charge < -0.3 is 9.52 Å². The molecule has 1 aliphatic rings. The number of allylic oxidation sites excluding steroid dienone is 1. The molecule has 7 nitrogen and oxygen atoms in total. The van der Waals surface area contributed by atoms with E-state index >= 15 is 0 Å². The van der Waals surface area contributed by atoms with E-state index in [-0.39, 0.29) is 11.6 Å². The fourth-order valence-electron chi connectivity index (χ4n) is 4.51. The summed E-state index contributed by atoms with van der Waals surface area (Å²) in [6.45, 7) is 2.09. The SMILES string of the molecule is CC1C/C(=C\c2ccc(-c3cccc([N+](=O)[O-])c3)o2)c2nc3ccccc3c(C(=O)O)c2C1. The van der Waals surface area contributed by atoms with Gasteiger partial charge in [-0.1, -0.05) is 37.3 Å². The van der Waals surface area contributed by atoms with Gasteiger partial charge in [-0.25, -0.2) is 9.78 Å². The van der Waals surface area contributed by atoms with Gasteiger partial charge in [-0.05, 0) is 54.2 Å². The number of nitro groups is 1. The van der Waals surface area contributed by atoms with E-state index in [0.717, 1.165) is 17.6 Å². The smallest absolute Gasteiger partial charge is 0.336 e. The van der Waals surface area contributed by atoms with Crippen LogP contribution in [0.1, 0.15) is 40.7 Å². The minimum Gasteiger partial charge on any atom is -0.478 e. The largest absolute Gasteiger partial charge is 0.478 e. The van der Waals surface area contributed by atoms with Gasteiger partial charge in [-0.2, -0.15) is 0 Å². The molecule has 5 rings (SSSR count). The number of furan rings is 1. The van der Waals surface area contributed by atoms with Crippen molar-refractivity contribution in [1.29, 1.82) is 0 Å². The van der Waals surface area contributed by atoms with Crippen LogP contribution >= 0.6 is 0 Å². The predicted octanol–water partition coefficient (Wildman–Crippen LogP) is 6.22. The number of hydrogen-bond donors (Lipinski definition) is 1. The van der Waals surface area contributed by atoms with Crippen molar-refractivity contribution in [2.75, 3.05) is 0 Å². The number of para-hydroxylation sites is 1. The maximum absolute atomic E-state index is 12.2. The first-order valence-corrected chi connectivity index (χ1v) is 10.6. The number of nitro benzene ring substituents is 1. The molecule has 2 aromatic heterocycles. The number of aromatic nitrogens is 1. The maximum atomic E-state index is 12.2. The van der Waals surface area contributed by atoms with Gasteiger partial charge >= 0.3 is 5.97 Å². The summed E-state index contributed by atoms with van der Waals surface area (Å²) < 4.78 is 5.98. The second-order valence-corrected chi connectivity index (χ2v) is 8.33. The number of benzene rings is 2. The van der Waals surface area contributed by atoms with Crippen LogP contribution in [-0.2, 0) is 6.42 Å². The highest BCUT2D eigenvalue weighted by atomic mass is 16.6. The summed E-state index contributed by atoms with van der Waals surface area (Å²) in [5.41, 5.74) is 3.92. The van der Waals surface area contributed by atoms with Gasteiger partial charge in [0.2, 0.25) is 0 Å². The van der Waals surface area contributed by atoms with Crippen molar-refractivity contribution in [3.63, 3.8) is 0 Å². The van der Waals surface area contributed by atoms with E-state index in [1.54, 1.807) is 30.3 Å². The Morgan fingerprint density at radius 1 is 1.15 bits per heavy atom. The predicted molar refractivity (Wildman–Crippen MR) is 125 cm³/mol. The van der Waals surface area contributed by atoms with Crippen molar-refractivity contribution in [3.05, 3.63) is 93.4 Å². The second kappa shape index (κ2) is 8.02. The van der Waals surface area contributed by atoms with Crippen LogP contribution < -0.4 is 0 Å². The van der Waals surface area contributed by atoms with Gasteiger partial charge in [0, 0.05) is 23.1 Å². The van der Waals surface area contributed by atoms with E-state index in [0.29, 0.717) is 45.7 Å². The molecule has 0 saturated heterocycles. The molecule has 4 aromatic rings. The van der Waals surface area contributed by atoms with E-state index < -0.39 is 10.9 Å². The van der Waals surface area contributed by atoms with Crippen LogP contribution in [0.25, 0.3) is 33.9 Å². The fourth-order valence-corrected chi connectivity index (χ4v) is 4.51. The maximum Gasteiger partial charge on any atom is 0.336 e. The molecule has 1 N–H and O–H groups in total. The lowest BCUT2D eigenvalue weighted by Gasteiger charge is -2.25. The van der Waals surface area contributed by atoms with E-state index in [4.69, 9.17) is 9.40 Å². The van der Waals surface area contributed by atoms with Crippen molar-refractivity contribution >= 4 is 34.2 Å². The highest BCUT2D eigenvalue weighted by Crippen LogP contribution is 2.39. The highest BCUT2D eigenvalue weighted by Gasteiger charge is 2.28. The van der Waals surface area contributed by atoms with Gasteiger partial charge in [0.15, 0.2) is 0 Å². The lowest BCUT2D eigenvalue weighted by Crippen LogP contribution is -2.17. The second-order valence-electron chi connectivity index (χ2n) is 8.33. The molecule has 0 bridgehead atoms. The summed E-state index contributed by atoms with van der Waals surface area (Å²) in [6, 6.07) is 17.2. The summed E-state index contributed by atoms with van der Waals surface area (Å²) in [4.78, 5) is 27.6. The van der Waals surface area contributed by atoms with Crippen molar-refractivity contribution < 1.29 is 19.2 Å². The first-order chi connectivity index (χ1) is 15.9. The highest BCUT2D eigenvalue weighted by molar-refractivity contribution is 6.05. The molecule has 2 heterocycles. The number of carbonyl (C=O) groups is 1. The average molecular weight is 440 g/mol. The lowest BCUT2D eigenvalue weighted by molar-refractivity contribution is -0.384. The Kier molecular flexibility index (Phi) is 5.01. The molecule has 164 valence electrons. The van der Waals surface area contributed by atoms with Gasteiger partial charge in [0.1, 0.15) is 11.5 Å². The van der Waals surface area contributed by atoms with Crippen molar-refractivity contribution in [2.24, 2.45) is 5.92 Å². The zero-order valence-corrected chi connectivity index (χ0v) is 17.8. The van der Waals surface area contributed by atoms with Crippen LogP contribution in [-0.4, -0.2) is 21.0 Å². The van der Waals surface area contributed by atoms with E-state index in [9.17, 15) is 20.0 Å². The van der Waals surface area contributed by atoms with Crippen LogP contribution in [0.5, 0.6) is 0 Å². The molecule has 1 unspecified atom stereocenters. The van der Waals surface area contributed by atoms with Gasteiger partial charge in [0.05, 0.1) is 21.7 Å². The monoisotopic (exact) mass is 440 g/mol. The first kappa shape index (κ1) is 20.6. The fraction of sp³-hybridized carbons (Fsp3) is 0.154. The molecule has 1 atom stereocenters. The summed E-state index contributed by atoms with van der Waals surface area (Å²) >= 11 is 0. The third kappa shape index (κ3) is 3.78. The van der Waals surface area contributed by atoms with Gasteiger partial charge in [0.25, 0.3) is 5.69 Å². The normalized spacial score (nSPS) is 16.6. The van der Waals surface area contributed by atoms with Crippen molar-refractivity contribution in [3.8, 4) is 11.3 Å². The number of hydrogen-bond acceptors (Lipinski definition) is 5. The molecule has 1 aliphatic carbocycles. The van der Waals surface area contributed by atoms with E-state index in [1.807, 2.05) is 24.3 Å². The van der Waals surface area contributed by atoms with Crippen LogP contribution in [0.2, 0.25) is 0 Å². The summed E-state index contributed by atoms with van der Waals surface area (Å²) in [5.74, 6) is 0.394. The number of non-ortho nitro benzene ring substituents is 1. The Morgan fingerprint density at radius 2 is 1.97 bits per heavy atom. The Bertz CT molecular complexity index is 1450.